The normalized spacial score (nSPS) is 20.6. The predicted octanol–water partition coefficient (Wildman–Crippen LogP) is 10.1. The Morgan fingerprint density at radius 2 is 1.70 bits per heavy atom. The maximum Gasteiger partial charge on any atom is 0.264 e. The van der Waals surface area contributed by atoms with Crippen LogP contribution in [0.2, 0.25) is 0 Å². The zero-order chi connectivity index (χ0) is 34.0. The minimum Gasteiger partial charge on any atom is -0.344 e. The second-order valence-electron chi connectivity index (χ2n) is 14.4. The third-order valence-corrected chi connectivity index (χ3v) is 11.5. The zero-order valence-electron chi connectivity index (χ0n) is 29.1. The maximum atomic E-state index is 11.3. The van der Waals surface area contributed by atoms with E-state index in [0.717, 1.165) is 42.1 Å². The van der Waals surface area contributed by atoms with Crippen LogP contribution in [0.4, 0.5) is 11.4 Å². The third kappa shape index (κ3) is 7.55. The van der Waals surface area contributed by atoms with Crippen LogP contribution in [0.3, 0.4) is 0 Å². The molecule has 3 aliphatic rings. The summed E-state index contributed by atoms with van der Waals surface area (Å²) in [4.78, 5) is 2.32. The van der Waals surface area contributed by atoms with Gasteiger partial charge < -0.3 is 4.90 Å². The monoisotopic (exact) mass is 675 g/mol. The highest BCUT2D eigenvalue weighted by Crippen LogP contribution is 2.48. The summed E-state index contributed by atoms with van der Waals surface area (Å²) in [5.74, 6) is -0.219. The molecule has 0 amide bonds. The van der Waals surface area contributed by atoms with E-state index < -0.39 is 10.1 Å². The Balaban J connectivity index is 1.46. The van der Waals surface area contributed by atoms with Gasteiger partial charge in [-0.25, -0.2) is 0 Å². The van der Waals surface area contributed by atoms with E-state index in [2.05, 4.69) is 118 Å². The van der Waals surface area contributed by atoms with Crippen molar-refractivity contribution in [2.45, 2.75) is 104 Å². The van der Waals surface area contributed by atoms with Crippen molar-refractivity contribution in [3.05, 3.63) is 105 Å². The fraction of sp³-hybridized carbons (Fsp3) is 0.475. The van der Waals surface area contributed by atoms with Gasteiger partial charge in [-0.05, 0) is 88.1 Å². The van der Waals surface area contributed by atoms with E-state index in [0.29, 0.717) is 19.4 Å². The maximum absolute atomic E-state index is 11.3. The van der Waals surface area contributed by atoms with Gasteiger partial charge in [0, 0.05) is 52.5 Å². The number of fused-ring (bicyclic) bond motifs is 2. The standard InChI is InChI=1S/C40H51ClN2O3S/c1-7-8-11-25-42-34-18-10-9-17-32(34)39(3,4)36(42)23-20-30-15-14-16-31(38(30)41)21-24-37-40(5,6)33-28-29(2)19-22-35(33)43(37)26-12-13-27-47(44,45)46/h9-10,17-24,28H,7-8,11-16,25-27H2,1-6H3/p+1. The summed E-state index contributed by atoms with van der Waals surface area (Å²) in [7, 11) is -3.97. The number of unbranched alkanes of at least 4 members (excludes halogenated alkanes) is 3. The fourth-order valence-electron chi connectivity index (χ4n) is 7.55. The SMILES string of the molecule is CCCCC[N+]1=C(/C=C/C2=C(Cl)C(=C/C=C3/N(CCCCS(=O)(=O)O)c4ccc(C)cc4C3(C)C)/CCC2)C(C)(C)c2ccccc21. The van der Waals surface area contributed by atoms with Crippen molar-refractivity contribution >= 4 is 38.8 Å². The lowest BCUT2D eigenvalue weighted by atomic mass is 9.81. The van der Waals surface area contributed by atoms with Crippen molar-refractivity contribution in [3.8, 4) is 0 Å². The van der Waals surface area contributed by atoms with E-state index in [1.54, 1.807) is 0 Å². The van der Waals surface area contributed by atoms with E-state index >= 15 is 0 Å². The van der Waals surface area contributed by atoms with Crippen molar-refractivity contribution in [2.75, 3.05) is 23.7 Å². The zero-order valence-corrected chi connectivity index (χ0v) is 30.6. The number of benzene rings is 2. The molecule has 2 heterocycles. The Morgan fingerprint density at radius 3 is 2.45 bits per heavy atom. The molecule has 0 saturated heterocycles. The van der Waals surface area contributed by atoms with E-state index in [9.17, 15) is 13.0 Å². The predicted molar refractivity (Wildman–Crippen MR) is 198 cm³/mol. The molecule has 0 unspecified atom stereocenters. The summed E-state index contributed by atoms with van der Waals surface area (Å²) in [6.45, 7) is 15.2. The van der Waals surface area contributed by atoms with Gasteiger partial charge in [-0.3, -0.25) is 4.55 Å². The number of para-hydroxylation sites is 1. The van der Waals surface area contributed by atoms with Gasteiger partial charge in [-0.2, -0.15) is 13.0 Å². The van der Waals surface area contributed by atoms with Crippen molar-refractivity contribution < 1.29 is 17.5 Å². The molecule has 2 aromatic rings. The lowest BCUT2D eigenvalue weighted by Gasteiger charge is -2.27. The Labute approximate surface area is 288 Å². The molecule has 0 spiro atoms. The number of hydrogen-bond donors (Lipinski definition) is 1. The van der Waals surface area contributed by atoms with Crippen LogP contribution >= 0.6 is 11.6 Å². The Hall–Kier alpha value is -2.93. The first kappa shape index (κ1) is 35.4. The highest BCUT2D eigenvalue weighted by molar-refractivity contribution is 7.85. The molecule has 0 atom stereocenters. The topological polar surface area (TPSA) is 60.6 Å². The number of aryl methyl sites for hydroxylation is 1. The van der Waals surface area contributed by atoms with Crippen molar-refractivity contribution in [1.29, 1.82) is 0 Å². The molecule has 0 aromatic heterocycles. The third-order valence-electron chi connectivity index (χ3n) is 10.2. The largest absolute Gasteiger partial charge is 0.344 e. The van der Waals surface area contributed by atoms with Gasteiger partial charge in [0.1, 0.15) is 6.54 Å². The van der Waals surface area contributed by atoms with Crippen LogP contribution in [0.25, 0.3) is 0 Å². The minimum atomic E-state index is -3.97. The molecule has 5 nitrogen and oxygen atoms in total. The minimum absolute atomic E-state index is 0.0870. The first-order valence-corrected chi connectivity index (χ1v) is 19.3. The molecule has 1 N–H and O–H groups in total. The molecular weight excluding hydrogens is 624 g/mol. The number of anilines is 1. The molecule has 7 heteroatoms. The van der Waals surface area contributed by atoms with Gasteiger partial charge in [0.25, 0.3) is 10.1 Å². The quantitative estimate of drug-likeness (QED) is 0.138. The van der Waals surface area contributed by atoms with Crippen LogP contribution in [0.1, 0.15) is 103 Å². The van der Waals surface area contributed by atoms with E-state index in [4.69, 9.17) is 11.6 Å². The summed E-state index contributed by atoms with van der Waals surface area (Å²) in [6.07, 6.45) is 16.6. The van der Waals surface area contributed by atoms with E-state index in [-0.39, 0.29) is 16.6 Å². The molecule has 5 rings (SSSR count). The number of hydrogen-bond acceptors (Lipinski definition) is 3. The highest BCUT2D eigenvalue weighted by Gasteiger charge is 2.44. The van der Waals surface area contributed by atoms with Crippen LogP contribution in [0.15, 0.2) is 88.6 Å². The van der Waals surface area contributed by atoms with Gasteiger partial charge in [0.05, 0.1) is 11.2 Å². The Kier molecular flexibility index (Phi) is 10.7. The Morgan fingerprint density at radius 1 is 0.936 bits per heavy atom. The lowest BCUT2D eigenvalue weighted by Crippen LogP contribution is -2.28. The van der Waals surface area contributed by atoms with Gasteiger partial charge in [-0.15, -0.1) is 0 Å². The van der Waals surface area contributed by atoms with Crippen LogP contribution in [-0.2, 0) is 20.9 Å². The van der Waals surface area contributed by atoms with Crippen LogP contribution in [-0.4, -0.2) is 42.1 Å². The number of allylic oxidation sites excluding steroid dienone is 8. The van der Waals surface area contributed by atoms with Gasteiger partial charge in [0.2, 0.25) is 5.69 Å². The molecule has 0 saturated carbocycles. The first-order chi connectivity index (χ1) is 22.3. The number of nitrogens with zero attached hydrogens (tertiary/aromatic N) is 2. The first-order valence-electron chi connectivity index (χ1n) is 17.3. The lowest BCUT2D eigenvalue weighted by molar-refractivity contribution is -0.438. The number of rotatable bonds is 12. The van der Waals surface area contributed by atoms with Crippen LogP contribution in [0.5, 0.6) is 0 Å². The van der Waals surface area contributed by atoms with Crippen LogP contribution in [0, 0.1) is 6.92 Å². The van der Waals surface area contributed by atoms with Crippen molar-refractivity contribution in [3.63, 3.8) is 0 Å². The molecular formula is C40H52ClN2O3S+. The molecule has 2 aromatic carbocycles. The van der Waals surface area contributed by atoms with Crippen LogP contribution < -0.4 is 4.90 Å². The second-order valence-corrected chi connectivity index (χ2v) is 16.4. The van der Waals surface area contributed by atoms with Crippen molar-refractivity contribution in [2.24, 2.45) is 0 Å². The fourth-order valence-corrected chi connectivity index (χ4v) is 8.44. The molecule has 1 aliphatic carbocycles. The molecule has 0 fully saturated rings. The van der Waals surface area contributed by atoms with E-state index in [1.807, 2.05) is 0 Å². The summed E-state index contributed by atoms with van der Waals surface area (Å²) >= 11 is 7.19. The van der Waals surface area contributed by atoms with Gasteiger partial charge >= 0.3 is 0 Å². The molecule has 2 aliphatic heterocycles. The number of halogens is 1. The second kappa shape index (κ2) is 14.3. The summed E-state index contributed by atoms with van der Waals surface area (Å²) in [5.41, 5.74) is 10.9. The average Bonchev–Trinajstić information content (AvgIpc) is 3.36. The average molecular weight is 676 g/mol. The molecule has 47 heavy (non-hydrogen) atoms. The summed E-state index contributed by atoms with van der Waals surface area (Å²) in [6, 6.07) is 15.4. The molecule has 0 radical (unpaired) electrons. The highest BCUT2D eigenvalue weighted by atomic mass is 35.5. The Bertz CT molecular complexity index is 1780. The van der Waals surface area contributed by atoms with E-state index in [1.165, 1.54) is 58.6 Å². The summed E-state index contributed by atoms with van der Waals surface area (Å²) < 4.78 is 34.4. The van der Waals surface area contributed by atoms with Gasteiger partial charge in [-0.1, -0.05) is 86.8 Å². The molecule has 252 valence electrons. The van der Waals surface area contributed by atoms with Crippen molar-refractivity contribution in [1.82, 2.24) is 0 Å². The molecule has 0 bridgehead atoms. The smallest absolute Gasteiger partial charge is 0.264 e. The van der Waals surface area contributed by atoms with Gasteiger partial charge in [0.15, 0.2) is 5.71 Å². The summed E-state index contributed by atoms with van der Waals surface area (Å²) in [5, 5.41) is 0.847.